The molecule has 0 spiro atoms. The molecule has 2 heterocycles. The summed E-state index contributed by atoms with van der Waals surface area (Å²) in [5.74, 6) is 1.96. The first-order valence-electron chi connectivity index (χ1n) is 9.98. The maximum atomic E-state index is 12.5. The van der Waals surface area contributed by atoms with Crippen molar-refractivity contribution in [1.82, 2.24) is 0 Å². The molecule has 4 nitrogen and oxygen atoms in total. The van der Waals surface area contributed by atoms with Crippen molar-refractivity contribution in [2.45, 2.75) is 38.0 Å². The van der Waals surface area contributed by atoms with E-state index in [1.54, 1.807) is 0 Å². The van der Waals surface area contributed by atoms with E-state index in [4.69, 9.17) is 4.74 Å². The smallest absolute Gasteiger partial charge is 0.225 e. The Labute approximate surface area is 162 Å². The summed E-state index contributed by atoms with van der Waals surface area (Å²) in [5.41, 5.74) is 7.40. The molecular formula is C23H28N2O2. The molecule has 2 aromatic rings. The van der Waals surface area contributed by atoms with Gasteiger partial charge in [0.25, 0.3) is 0 Å². The van der Waals surface area contributed by atoms with Crippen LogP contribution >= 0.6 is 0 Å². The lowest BCUT2D eigenvalue weighted by Gasteiger charge is -2.29. The van der Waals surface area contributed by atoms with Crippen LogP contribution in [0, 0.1) is 5.92 Å². The van der Waals surface area contributed by atoms with Crippen LogP contribution in [0.1, 0.15) is 48.9 Å². The monoisotopic (exact) mass is 364 g/mol. The number of rotatable bonds is 4. The molecule has 0 bridgehead atoms. The third-order valence-electron chi connectivity index (χ3n) is 6.12. The van der Waals surface area contributed by atoms with E-state index in [9.17, 15) is 4.79 Å². The largest absolute Gasteiger partial charge is 0.493 e. The second kappa shape index (κ2) is 6.29. The van der Waals surface area contributed by atoms with Gasteiger partial charge in [0.05, 0.1) is 6.61 Å². The van der Waals surface area contributed by atoms with Crippen molar-refractivity contribution in [3.8, 4) is 5.75 Å². The van der Waals surface area contributed by atoms with Gasteiger partial charge in [0.1, 0.15) is 5.75 Å². The first-order chi connectivity index (χ1) is 13.1. The van der Waals surface area contributed by atoms with Crippen molar-refractivity contribution in [2.24, 2.45) is 5.92 Å². The Hall–Kier alpha value is -2.49. The van der Waals surface area contributed by atoms with Gasteiger partial charge in [-0.2, -0.15) is 0 Å². The van der Waals surface area contributed by atoms with Crippen molar-refractivity contribution in [1.29, 1.82) is 0 Å². The molecule has 1 amide bonds. The molecule has 27 heavy (non-hydrogen) atoms. The summed E-state index contributed by atoms with van der Waals surface area (Å²) in [6.45, 7) is 0.737. The Bertz CT molecular complexity index is 921. The van der Waals surface area contributed by atoms with E-state index in [1.165, 1.54) is 40.8 Å². The molecule has 3 aliphatic rings. The Balaban J connectivity index is 0.00000192. The summed E-state index contributed by atoms with van der Waals surface area (Å²) in [7, 11) is 4.17. The summed E-state index contributed by atoms with van der Waals surface area (Å²) in [5, 5.41) is 3.06. The van der Waals surface area contributed by atoms with Gasteiger partial charge in [0, 0.05) is 51.7 Å². The lowest BCUT2D eigenvalue weighted by molar-refractivity contribution is -0.116. The predicted octanol–water partition coefficient (Wildman–Crippen LogP) is 4.36. The number of hydrogen-bond donors (Lipinski definition) is 1. The zero-order chi connectivity index (χ0) is 18.5. The third kappa shape index (κ3) is 3.07. The minimum absolute atomic E-state index is 0. The quantitative estimate of drug-likeness (QED) is 0.876. The zero-order valence-corrected chi connectivity index (χ0v) is 16.0. The van der Waals surface area contributed by atoms with Crippen molar-refractivity contribution in [3.05, 3.63) is 52.6 Å². The normalized spacial score (nSPS) is 20.5. The fraction of sp³-hybridized carbons (Fsp3) is 0.435. The molecule has 1 atom stereocenters. The number of amides is 1. The van der Waals surface area contributed by atoms with Crippen LogP contribution in [0.4, 0.5) is 11.4 Å². The maximum absolute atomic E-state index is 12.5. The Morgan fingerprint density at radius 3 is 2.81 bits per heavy atom. The topological polar surface area (TPSA) is 41.6 Å². The van der Waals surface area contributed by atoms with Gasteiger partial charge in [-0.05, 0) is 65.6 Å². The van der Waals surface area contributed by atoms with Crippen molar-refractivity contribution < 1.29 is 11.0 Å². The molecule has 5 rings (SSSR count). The molecule has 2 aliphatic heterocycles. The first kappa shape index (κ1) is 16.7. The second-order valence-corrected chi connectivity index (χ2v) is 8.38. The standard InChI is InChI=1S/C23H26N2O2.H2/c1-25(2)17-5-6-18(16(10-17)9-14-3-4-14)19-12-23(26)24-21-13-22-15(7-8-27-22)11-20(19)21;/h5-6,10-11,13-14,19H,3-4,7-9,12H2,1-2H3,(H,24,26);1H. The number of nitrogens with zero attached hydrogens (tertiary/aromatic N) is 1. The first-order valence-corrected chi connectivity index (χ1v) is 9.98. The molecule has 1 saturated carbocycles. The zero-order valence-electron chi connectivity index (χ0n) is 16.0. The van der Waals surface area contributed by atoms with E-state index in [0.717, 1.165) is 36.8 Å². The van der Waals surface area contributed by atoms with Crippen LogP contribution in [-0.2, 0) is 17.6 Å². The number of carbonyl (C=O) groups is 1. The summed E-state index contributed by atoms with van der Waals surface area (Å²) >= 11 is 0. The van der Waals surface area contributed by atoms with Gasteiger partial charge in [-0.3, -0.25) is 4.79 Å². The number of ether oxygens (including phenoxy) is 1. The van der Waals surface area contributed by atoms with Gasteiger partial charge in [-0.1, -0.05) is 6.07 Å². The molecule has 0 radical (unpaired) electrons. The molecule has 0 aromatic heterocycles. The Morgan fingerprint density at radius 1 is 1.19 bits per heavy atom. The van der Waals surface area contributed by atoms with Gasteiger partial charge in [0.2, 0.25) is 5.91 Å². The number of fused-ring (bicyclic) bond motifs is 2. The average Bonchev–Trinajstić information content (AvgIpc) is 3.34. The van der Waals surface area contributed by atoms with Gasteiger partial charge < -0.3 is 15.0 Å². The summed E-state index contributed by atoms with van der Waals surface area (Å²) in [6.07, 6.45) is 5.26. The highest BCUT2D eigenvalue weighted by Gasteiger charge is 2.32. The molecule has 2 aromatic carbocycles. The third-order valence-corrected chi connectivity index (χ3v) is 6.12. The average molecular weight is 364 g/mol. The van der Waals surface area contributed by atoms with Crippen LogP contribution in [0.3, 0.4) is 0 Å². The van der Waals surface area contributed by atoms with Gasteiger partial charge >= 0.3 is 0 Å². The second-order valence-electron chi connectivity index (χ2n) is 8.38. The highest BCUT2D eigenvalue weighted by molar-refractivity contribution is 5.96. The number of carbonyl (C=O) groups excluding carboxylic acids is 1. The lowest BCUT2D eigenvalue weighted by Crippen LogP contribution is -2.24. The molecule has 142 valence electrons. The predicted molar refractivity (Wildman–Crippen MR) is 110 cm³/mol. The van der Waals surface area contributed by atoms with Crippen molar-refractivity contribution in [2.75, 3.05) is 30.9 Å². The van der Waals surface area contributed by atoms with E-state index in [2.05, 4.69) is 48.6 Å². The maximum Gasteiger partial charge on any atom is 0.225 e. The molecule has 1 fully saturated rings. The molecule has 4 heteroatoms. The molecule has 1 aliphatic carbocycles. The number of nitrogens with one attached hydrogen (secondary N) is 1. The van der Waals surface area contributed by atoms with Crippen LogP contribution in [0.2, 0.25) is 0 Å². The van der Waals surface area contributed by atoms with Gasteiger partial charge in [-0.25, -0.2) is 0 Å². The fourth-order valence-corrected chi connectivity index (χ4v) is 4.44. The van der Waals surface area contributed by atoms with E-state index in [0.29, 0.717) is 6.42 Å². The Kier molecular flexibility index (Phi) is 3.88. The molecular weight excluding hydrogens is 336 g/mol. The molecule has 1 unspecified atom stereocenters. The highest BCUT2D eigenvalue weighted by atomic mass is 16.5. The van der Waals surface area contributed by atoms with Crippen LogP contribution in [0.15, 0.2) is 30.3 Å². The van der Waals surface area contributed by atoms with Gasteiger partial charge in [-0.15, -0.1) is 0 Å². The number of benzene rings is 2. The van der Waals surface area contributed by atoms with Crippen molar-refractivity contribution in [3.63, 3.8) is 0 Å². The minimum atomic E-state index is 0. The highest BCUT2D eigenvalue weighted by Crippen LogP contribution is 2.44. The minimum Gasteiger partial charge on any atom is -0.493 e. The Morgan fingerprint density at radius 2 is 2.04 bits per heavy atom. The molecule has 1 N–H and O–H groups in total. The fourth-order valence-electron chi connectivity index (χ4n) is 4.44. The summed E-state index contributed by atoms with van der Waals surface area (Å²) in [6, 6.07) is 11.1. The SMILES string of the molecule is CN(C)c1ccc(C2CC(=O)Nc3cc4c(cc32)CCO4)c(CC2CC2)c1.[HH]. The van der Waals surface area contributed by atoms with E-state index in [1.807, 2.05) is 6.07 Å². The number of anilines is 2. The summed E-state index contributed by atoms with van der Waals surface area (Å²) in [4.78, 5) is 14.6. The van der Waals surface area contributed by atoms with Crippen LogP contribution in [-0.4, -0.2) is 26.6 Å². The van der Waals surface area contributed by atoms with Crippen LogP contribution in [0.5, 0.6) is 5.75 Å². The lowest BCUT2D eigenvalue weighted by atomic mass is 9.80. The van der Waals surface area contributed by atoms with E-state index >= 15 is 0 Å². The van der Waals surface area contributed by atoms with E-state index < -0.39 is 0 Å². The van der Waals surface area contributed by atoms with Gasteiger partial charge in [0.15, 0.2) is 0 Å². The number of hydrogen-bond acceptors (Lipinski definition) is 3. The summed E-state index contributed by atoms with van der Waals surface area (Å²) < 4.78 is 5.71. The molecule has 0 saturated heterocycles. The van der Waals surface area contributed by atoms with Crippen molar-refractivity contribution >= 4 is 17.3 Å². The van der Waals surface area contributed by atoms with Crippen LogP contribution < -0.4 is 15.0 Å². The van der Waals surface area contributed by atoms with Crippen LogP contribution in [0.25, 0.3) is 0 Å². The van der Waals surface area contributed by atoms with E-state index in [-0.39, 0.29) is 13.3 Å².